The Morgan fingerprint density at radius 2 is 1.74 bits per heavy atom. The van der Waals surface area contributed by atoms with Gasteiger partial charge >= 0.3 is 0 Å². The summed E-state index contributed by atoms with van der Waals surface area (Å²) in [6, 6.07) is 6.61. The van der Waals surface area contributed by atoms with E-state index in [0.29, 0.717) is 25.5 Å². The van der Waals surface area contributed by atoms with Crippen LogP contribution in [0.25, 0.3) is 0 Å². The highest BCUT2D eigenvalue weighted by molar-refractivity contribution is 14.0. The Morgan fingerprint density at radius 3 is 2.26 bits per heavy atom. The van der Waals surface area contributed by atoms with Crippen molar-refractivity contribution >= 4 is 39.8 Å². The molecule has 0 heterocycles. The summed E-state index contributed by atoms with van der Waals surface area (Å²) < 4.78 is 36.2. The van der Waals surface area contributed by atoms with Gasteiger partial charge < -0.3 is 10.6 Å². The highest BCUT2D eigenvalue weighted by Crippen LogP contribution is 2.23. The van der Waals surface area contributed by atoms with E-state index in [1.165, 1.54) is 12.3 Å². The lowest BCUT2D eigenvalue weighted by atomic mass is 9.84. The first-order valence-electron chi connectivity index (χ1n) is 8.73. The van der Waals surface area contributed by atoms with E-state index in [2.05, 4.69) is 15.6 Å². The van der Waals surface area contributed by atoms with Crippen molar-refractivity contribution in [1.29, 1.82) is 0 Å². The third kappa shape index (κ3) is 10.3. The molecule has 0 aromatic heterocycles. The molecule has 1 aromatic rings. The molecule has 0 saturated carbocycles. The summed E-state index contributed by atoms with van der Waals surface area (Å²) in [7, 11) is -1.28. The third-order valence-corrected chi connectivity index (χ3v) is 5.36. The second-order valence-electron chi connectivity index (χ2n) is 8.22. The quantitative estimate of drug-likeness (QED) is 0.318. The SMILES string of the molecule is CN=C(NCC(C)(C)CCS(C)(=O)=O)NCC(C)(C)c1cccc(F)c1.I. The highest BCUT2D eigenvalue weighted by atomic mass is 127. The summed E-state index contributed by atoms with van der Waals surface area (Å²) in [6.07, 6.45) is 1.83. The Kier molecular flexibility index (Phi) is 10.2. The number of hydrogen-bond acceptors (Lipinski definition) is 3. The Bertz CT molecular complexity index is 734. The normalized spacial score (nSPS) is 13.1. The van der Waals surface area contributed by atoms with Crippen LogP contribution in [0.4, 0.5) is 4.39 Å². The molecule has 0 saturated heterocycles. The molecule has 8 heteroatoms. The fraction of sp³-hybridized carbons (Fsp3) is 0.632. The fourth-order valence-corrected chi connectivity index (χ4v) is 3.33. The van der Waals surface area contributed by atoms with E-state index in [4.69, 9.17) is 0 Å². The molecule has 1 aromatic carbocycles. The van der Waals surface area contributed by atoms with Gasteiger partial charge in [0.1, 0.15) is 15.7 Å². The van der Waals surface area contributed by atoms with Crippen LogP contribution in [0, 0.1) is 11.2 Å². The second-order valence-corrected chi connectivity index (χ2v) is 10.5. The van der Waals surface area contributed by atoms with Gasteiger partial charge in [0.2, 0.25) is 0 Å². The van der Waals surface area contributed by atoms with Gasteiger partial charge in [0.05, 0.1) is 5.75 Å². The molecule has 0 aliphatic rings. The zero-order chi connectivity index (χ0) is 20.0. The largest absolute Gasteiger partial charge is 0.356 e. The van der Waals surface area contributed by atoms with E-state index in [-0.39, 0.29) is 46.4 Å². The summed E-state index contributed by atoms with van der Waals surface area (Å²) >= 11 is 0. The molecular weight excluding hydrogens is 480 g/mol. The van der Waals surface area contributed by atoms with Gasteiger partial charge in [-0.05, 0) is 29.5 Å². The minimum absolute atomic E-state index is 0. The highest BCUT2D eigenvalue weighted by Gasteiger charge is 2.23. The predicted octanol–water partition coefficient (Wildman–Crippen LogP) is 3.35. The van der Waals surface area contributed by atoms with Gasteiger partial charge in [-0.2, -0.15) is 0 Å². The first kappa shape index (κ1) is 26.1. The molecule has 0 atom stereocenters. The average Bonchev–Trinajstić information content (AvgIpc) is 2.52. The Morgan fingerprint density at radius 1 is 1.15 bits per heavy atom. The molecule has 0 unspecified atom stereocenters. The summed E-state index contributed by atoms with van der Waals surface area (Å²) in [6.45, 7) is 9.31. The number of halogens is 2. The molecule has 27 heavy (non-hydrogen) atoms. The third-order valence-electron chi connectivity index (χ3n) is 4.41. The topological polar surface area (TPSA) is 70.6 Å². The maximum Gasteiger partial charge on any atom is 0.191 e. The first-order valence-corrected chi connectivity index (χ1v) is 10.8. The number of sulfone groups is 1. The molecule has 2 N–H and O–H groups in total. The monoisotopic (exact) mass is 513 g/mol. The molecular formula is C19H33FIN3O2S. The van der Waals surface area contributed by atoms with Gasteiger partial charge in [-0.1, -0.05) is 39.8 Å². The number of rotatable bonds is 8. The van der Waals surface area contributed by atoms with Gasteiger partial charge in [-0.15, -0.1) is 24.0 Å². The van der Waals surface area contributed by atoms with E-state index in [1.54, 1.807) is 19.2 Å². The van der Waals surface area contributed by atoms with Crippen molar-refractivity contribution in [1.82, 2.24) is 10.6 Å². The summed E-state index contributed by atoms with van der Waals surface area (Å²) in [5, 5.41) is 6.52. The van der Waals surface area contributed by atoms with Gasteiger partial charge in [0.15, 0.2) is 5.96 Å². The number of hydrogen-bond donors (Lipinski definition) is 2. The summed E-state index contributed by atoms with van der Waals surface area (Å²) in [5.41, 5.74) is 0.457. The van der Waals surface area contributed by atoms with Crippen molar-refractivity contribution in [2.75, 3.05) is 32.1 Å². The molecule has 0 spiro atoms. The molecule has 0 aliphatic heterocycles. The maximum absolute atomic E-state index is 13.5. The van der Waals surface area contributed by atoms with Crippen LogP contribution in [0.2, 0.25) is 0 Å². The van der Waals surface area contributed by atoms with Crippen LogP contribution in [0.15, 0.2) is 29.3 Å². The molecule has 0 fully saturated rings. The van der Waals surface area contributed by atoms with Crippen molar-refractivity contribution in [3.63, 3.8) is 0 Å². The number of nitrogens with zero attached hydrogens (tertiary/aromatic N) is 1. The van der Waals surface area contributed by atoms with E-state index < -0.39 is 9.84 Å². The van der Waals surface area contributed by atoms with Gasteiger partial charge in [-0.25, -0.2) is 12.8 Å². The van der Waals surface area contributed by atoms with Crippen LogP contribution in [0.1, 0.15) is 39.7 Å². The minimum atomic E-state index is -2.97. The zero-order valence-electron chi connectivity index (χ0n) is 17.1. The predicted molar refractivity (Wildman–Crippen MR) is 122 cm³/mol. The van der Waals surface area contributed by atoms with Crippen molar-refractivity contribution in [3.8, 4) is 0 Å². The molecule has 0 bridgehead atoms. The van der Waals surface area contributed by atoms with Gasteiger partial charge in [0, 0.05) is 31.8 Å². The van der Waals surface area contributed by atoms with Gasteiger partial charge in [0.25, 0.3) is 0 Å². The van der Waals surface area contributed by atoms with Crippen molar-refractivity contribution in [2.24, 2.45) is 10.4 Å². The van der Waals surface area contributed by atoms with Crippen LogP contribution >= 0.6 is 24.0 Å². The molecule has 0 radical (unpaired) electrons. The van der Waals surface area contributed by atoms with Crippen LogP contribution < -0.4 is 10.6 Å². The van der Waals surface area contributed by atoms with E-state index >= 15 is 0 Å². The lowest BCUT2D eigenvalue weighted by Gasteiger charge is -2.29. The minimum Gasteiger partial charge on any atom is -0.356 e. The smallest absolute Gasteiger partial charge is 0.191 e. The molecule has 1 rings (SSSR count). The molecule has 0 amide bonds. The number of nitrogens with one attached hydrogen (secondary N) is 2. The van der Waals surface area contributed by atoms with Crippen LogP contribution in [-0.2, 0) is 15.3 Å². The summed E-state index contributed by atoms with van der Waals surface area (Å²) in [5.74, 6) is 0.563. The maximum atomic E-state index is 13.5. The Balaban J connectivity index is 0.00000676. The standard InChI is InChI=1S/C19H32FN3O2S.HI/c1-18(2,10-11-26(6,24)25)13-22-17(21-5)23-14-19(3,4)15-8-7-9-16(20)12-15;/h7-9,12H,10-11,13-14H2,1-6H3,(H2,21,22,23);1H. The van der Waals surface area contributed by atoms with Crippen molar-refractivity contribution in [3.05, 3.63) is 35.6 Å². The van der Waals surface area contributed by atoms with E-state index in [0.717, 1.165) is 5.56 Å². The molecule has 156 valence electrons. The summed E-state index contributed by atoms with van der Waals surface area (Å²) in [4.78, 5) is 4.22. The molecule has 5 nitrogen and oxygen atoms in total. The van der Waals surface area contributed by atoms with E-state index in [1.807, 2.05) is 33.8 Å². The number of aliphatic imine (C=N–C) groups is 1. The fourth-order valence-electron chi connectivity index (χ4n) is 2.41. The lowest BCUT2D eigenvalue weighted by Crippen LogP contribution is -2.46. The average molecular weight is 513 g/mol. The Hall–Kier alpha value is -0.900. The van der Waals surface area contributed by atoms with Crippen LogP contribution in [0.3, 0.4) is 0 Å². The number of guanidine groups is 1. The lowest BCUT2D eigenvalue weighted by molar-refractivity contribution is 0.348. The van der Waals surface area contributed by atoms with Crippen molar-refractivity contribution in [2.45, 2.75) is 39.5 Å². The molecule has 0 aliphatic carbocycles. The van der Waals surface area contributed by atoms with E-state index in [9.17, 15) is 12.8 Å². The first-order chi connectivity index (χ1) is 11.8. The van der Waals surface area contributed by atoms with Crippen LogP contribution in [0.5, 0.6) is 0 Å². The van der Waals surface area contributed by atoms with Crippen LogP contribution in [-0.4, -0.2) is 46.5 Å². The zero-order valence-corrected chi connectivity index (χ0v) is 20.2. The second kappa shape index (κ2) is 10.6. The number of benzene rings is 1. The van der Waals surface area contributed by atoms with Gasteiger partial charge in [-0.3, -0.25) is 4.99 Å². The Labute approximate surface area is 180 Å². The van der Waals surface area contributed by atoms with Crippen molar-refractivity contribution < 1.29 is 12.8 Å².